The molecular formula is C17H22N4O. The lowest BCUT2D eigenvalue weighted by atomic mass is 9.84. The number of aryl methyl sites for hydroxylation is 1. The van der Waals surface area contributed by atoms with Crippen LogP contribution in [0.3, 0.4) is 0 Å². The van der Waals surface area contributed by atoms with E-state index >= 15 is 0 Å². The van der Waals surface area contributed by atoms with E-state index in [0.29, 0.717) is 11.5 Å². The van der Waals surface area contributed by atoms with Crippen molar-refractivity contribution in [1.82, 2.24) is 15.5 Å². The fraction of sp³-hybridized carbons (Fsp3) is 0.353. The Morgan fingerprint density at radius 2 is 1.77 bits per heavy atom. The van der Waals surface area contributed by atoms with E-state index in [4.69, 9.17) is 0 Å². The Balaban J connectivity index is 2.02. The van der Waals surface area contributed by atoms with Gasteiger partial charge in [-0.1, -0.05) is 43.7 Å². The summed E-state index contributed by atoms with van der Waals surface area (Å²) >= 11 is 0. The second-order valence-corrected chi connectivity index (χ2v) is 5.99. The van der Waals surface area contributed by atoms with Crippen LogP contribution in [0.1, 0.15) is 35.5 Å². The van der Waals surface area contributed by atoms with E-state index in [1.54, 1.807) is 19.2 Å². The predicted octanol–water partition coefficient (Wildman–Crippen LogP) is 2.53. The van der Waals surface area contributed by atoms with Crippen LogP contribution in [0.2, 0.25) is 0 Å². The summed E-state index contributed by atoms with van der Waals surface area (Å²) in [4.78, 5) is 11.4. The van der Waals surface area contributed by atoms with Gasteiger partial charge in [-0.05, 0) is 24.6 Å². The molecule has 1 aromatic carbocycles. The van der Waals surface area contributed by atoms with Gasteiger partial charge < -0.3 is 10.6 Å². The standard InChI is InChI=1S/C17H22N4O/c1-12-5-7-13(8-6-12)17(2,3)11-19-15-10-9-14(20-21-15)16(22)18-4/h5-10H,11H2,1-4H3,(H,18,22)(H,19,21). The van der Waals surface area contributed by atoms with Crippen molar-refractivity contribution in [2.75, 3.05) is 18.9 Å². The maximum absolute atomic E-state index is 11.4. The Morgan fingerprint density at radius 1 is 1.09 bits per heavy atom. The minimum atomic E-state index is -0.237. The van der Waals surface area contributed by atoms with E-state index in [1.807, 2.05) is 0 Å². The van der Waals surface area contributed by atoms with Gasteiger partial charge in [-0.15, -0.1) is 10.2 Å². The smallest absolute Gasteiger partial charge is 0.271 e. The fourth-order valence-electron chi connectivity index (χ4n) is 2.09. The number of carbonyl (C=O) groups excluding carboxylic acids is 1. The quantitative estimate of drug-likeness (QED) is 0.890. The summed E-state index contributed by atoms with van der Waals surface area (Å²) in [5.41, 5.74) is 2.80. The first-order chi connectivity index (χ1) is 10.4. The Bertz CT molecular complexity index is 633. The number of nitrogens with one attached hydrogen (secondary N) is 2. The van der Waals surface area contributed by atoms with Gasteiger partial charge in [0.25, 0.3) is 5.91 Å². The number of benzene rings is 1. The zero-order valence-electron chi connectivity index (χ0n) is 13.5. The van der Waals surface area contributed by atoms with Crippen molar-refractivity contribution in [2.45, 2.75) is 26.2 Å². The van der Waals surface area contributed by atoms with Crippen molar-refractivity contribution >= 4 is 11.7 Å². The summed E-state index contributed by atoms with van der Waals surface area (Å²) in [6, 6.07) is 12.0. The lowest BCUT2D eigenvalue weighted by molar-refractivity contribution is 0.0957. The first-order valence-electron chi connectivity index (χ1n) is 7.29. The Hall–Kier alpha value is -2.43. The van der Waals surface area contributed by atoms with E-state index in [2.05, 4.69) is 65.9 Å². The normalized spacial score (nSPS) is 11.1. The van der Waals surface area contributed by atoms with Crippen molar-refractivity contribution in [2.24, 2.45) is 0 Å². The zero-order chi connectivity index (χ0) is 16.2. The summed E-state index contributed by atoms with van der Waals surface area (Å²) in [5.74, 6) is 0.423. The van der Waals surface area contributed by atoms with Gasteiger partial charge in [0.2, 0.25) is 0 Å². The minimum Gasteiger partial charge on any atom is -0.368 e. The molecular weight excluding hydrogens is 276 g/mol. The summed E-state index contributed by atoms with van der Waals surface area (Å²) in [6.45, 7) is 7.16. The van der Waals surface area contributed by atoms with Gasteiger partial charge in [-0.2, -0.15) is 0 Å². The molecule has 5 nitrogen and oxygen atoms in total. The zero-order valence-corrected chi connectivity index (χ0v) is 13.5. The van der Waals surface area contributed by atoms with Gasteiger partial charge in [0.15, 0.2) is 5.69 Å². The number of nitrogens with zero attached hydrogens (tertiary/aromatic N) is 2. The number of anilines is 1. The lowest BCUT2D eigenvalue weighted by Gasteiger charge is -2.26. The molecule has 2 N–H and O–H groups in total. The molecule has 0 saturated carbocycles. The van der Waals surface area contributed by atoms with Gasteiger partial charge in [0, 0.05) is 19.0 Å². The van der Waals surface area contributed by atoms with E-state index in [0.717, 1.165) is 6.54 Å². The third-order valence-corrected chi connectivity index (χ3v) is 3.67. The lowest BCUT2D eigenvalue weighted by Crippen LogP contribution is -2.28. The molecule has 0 unspecified atom stereocenters. The molecule has 0 spiro atoms. The molecule has 1 heterocycles. The van der Waals surface area contributed by atoms with Crippen molar-refractivity contribution in [3.05, 3.63) is 53.2 Å². The first kappa shape index (κ1) is 15.9. The molecule has 0 radical (unpaired) electrons. The van der Waals surface area contributed by atoms with Crippen LogP contribution in [0.4, 0.5) is 5.82 Å². The van der Waals surface area contributed by atoms with E-state index < -0.39 is 0 Å². The molecule has 0 aliphatic carbocycles. The van der Waals surface area contributed by atoms with Crippen molar-refractivity contribution in [3.63, 3.8) is 0 Å². The number of rotatable bonds is 5. The number of hydrogen-bond acceptors (Lipinski definition) is 4. The molecule has 22 heavy (non-hydrogen) atoms. The summed E-state index contributed by atoms with van der Waals surface area (Å²) < 4.78 is 0. The van der Waals surface area contributed by atoms with Gasteiger partial charge in [-0.3, -0.25) is 4.79 Å². The van der Waals surface area contributed by atoms with Crippen LogP contribution in [0.15, 0.2) is 36.4 Å². The molecule has 116 valence electrons. The van der Waals surface area contributed by atoms with E-state index in [-0.39, 0.29) is 11.3 Å². The molecule has 2 rings (SSSR count). The third kappa shape index (κ3) is 3.81. The fourth-order valence-corrected chi connectivity index (χ4v) is 2.09. The van der Waals surface area contributed by atoms with Crippen LogP contribution in [0.25, 0.3) is 0 Å². The highest BCUT2D eigenvalue weighted by atomic mass is 16.1. The molecule has 5 heteroatoms. The molecule has 0 aliphatic rings. The van der Waals surface area contributed by atoms with Crippen LogP contribution < -0.4 is 10.6 Å². The molecule has 0 saturated heterocycles. The van der Waals surface area contributed by atoms with Gasteiger partial charge in [-0.25, -0.2) is 0 Å². The van der Waals surface area contributed by atoms with E-state index in [9.17, 15) is 4.79 Å². The molecule has 2 aromatic rings. The van der Waals surface area contributed by atoms with Gasteiger partial charge in [0.05, 0.1) is 0 Å². The third-order valence-electron chi connectivity index (χ3n) is 3.67. The maximum Gasteiger partial charge on any atom is 0.271 e. The highest BCUT2D eigenvalue weighted by Crippen LogP contribution is 2.23. The average Bonchev–Trinajstić information content (AvgIpc) is 2.53. The summed E-state index contributed by atoms with van der Waals surface area (Å²) in [6.07, 6.45) is 0. The number of aromatic nitrogens is 2. The Labute approximate surface area is 131 Å². The van der Waals surface area contributed by atoms with Crippen molar-refractivity contribution in [3.8, 4) is 0 Å². The van der Waals surface area contributed by atoms with E-state index in [1.165, 1.54) is 11.1 Å². The largest absolute Gasteiger partial charge is 0.368 e. The molecule has 0 atom stereocenters. The summed E-state index contributed by atoms with van der Waals surface area (Å²) in [7, 11) is 1.57. The molecule has 0 fully saturated rings. The summed E-state index contributed by atoms with van der Waals surface area (Å²) in [5, 5.41) is 13.7. The monoisotopic (exact) mass is 298 g/mol. The average molecular weight is 298 g/mol. The van der Waals surface area contributed by atoms with Crippen LogP contribution in [0.5, 0.6) is 0 Å². The van der Waals surface area contributed by atoms with Crippen molar-refractivity contribution in [1.29, 1.82) is 0 Å². The predicted molar refractivity (Wildman–Crippen MR) is 88.1 cm³/mol. The number of amides is 1. The SMILES string of the molecule is CNC(=O)c1ccc(NCC(C)(C)c2ccc(C)cc2)nn1. The second kappa shape index (κ2) is 6.56. The minimum absolute atomic E-state index is 0.0329. The molecule has 0 aliphatic heterocycles. The van der Waals surface area contributed by atoms with Gasteiger partial charge in [0.1, 0.15) is 5.82 Å². The van der Waals surface area contributed by atoms with Crippen LogP contribution in [-0.4, -0.2) is 29.7 Å². The first-order valence-corrected chi connectivity index (χ1v) is 7.29. The van der Waals surface area contributed by atoms with Crippen LogP contribution in [-0.2, 0) is 5.41 Å². The van der Waals surface area contributed by atoms with Crippen LogP contribution >= 0.6 is 0 Å². The Morgan fingerprint density at radius 3 is 2.32 bits per heavy atom. The van der Waals surface area contributed by atoms with Gasteiger partial charge >= 0.3 is 0 Å². The maximum atomic E-state index is 11.4. The second-order valence-electron chi connectivity index (χ2n) is 5.99. The molecule has 1 amide bonds. The topological polar surface area (TPSA) is 66.9 Å². The Kier molecular flexibility index (Phi) is 4.75. The number of hydrogen-bond donors (Lipinski definition) is 2. The number of carbonyl (C=O) groups is 1. The highest BCUT2D eigenvalue weighted by Gasteiger charge is 2.20. The highest BCUT2D eigenvalue weighted by molar-refractivity contribution is 5.91. The van der Waals surface area contributed by atoms with Crippen molar-refractivity contribution < 1.29 is 4.79 Å². The molecule has 1 aromatic heterocycles. The van der Waals surface area contributed by atoms with Crippen LogP contribution in [0, 0.1) is 6.92 Å². The molecule has 0 bridgehead atoms.